The van der Waals surface area contributed by atoms with Gasteiger partial charge < -0.3 is 10.2 Å². The summed E-state index contributed by atoms with van der Waals surface area (Å²) in [4.78, 5) is 13.2. The highest BCUT2D eigenvalue weighted by Crippen LogP contribution is 2.43. The first-order valence-electron chi connectivity index (χ1n) is 6.52. The lowest BCUT2D eigenvalue weighted by atomic mass is 9.67. The van der Waals surface area contributed by atoms with Crippen molar-refractivity contribution in [3.63, 3.8) is 0 Å². The first-order chi connectivity index (χ1) is 7.51. The molecule has 1 heterocycles. The number of likely N-dealkylation sites (tertiary alicyclic amines) is 1. The van der Waals surface area contributed by atoms with Crippen molar-refractivity contribution in [1.82, 2.24) is 10.2 Å². The van der Waals surface area contributed by atoms with Crippen LogP contribution in [0.2, 0.25) is 0 Å². The molecule has 3 nitrogen and oxygen atoms in total. The van der Waals surface area contributed by atoms with Gasteiger partial charge in [0.25, 0.3) is 0 Å². The summed E-state index contributed by atoms with van der Waals surface area (Å²) in [5.41, 5.74) is 0.487. The van der Waals surface area contributed by atoms with Gasteiger partial charge in [0.05, 0.1) is 0 Å². The fourth-order valence-corrected chi connectivity index (χ4v) is 3.17. The van der Waals surface area contributed by atoms with Crippen molar-refractivity contribution in [2.45, 2.75) is 58.5 Å². The molecule has 1 aliphatic heterocycles. The summed E-state index contributed by atoms with van der Waals surface area (Å²) in [6, 6.07) is 1.30. The van der Waals surface area contributed by atoms with Crippen molar-refractivity contribution >= 4 is 5.91 Å². The van der Waals surface area contributed by atoms with Gasteiger partial charge in [-0.05, 0) is 25.7 Å². The van der Waals surface area contributed by atoms with Crippen LogP contribution < -0.4 is 5.32 Å². The second-order valence-electron chi connectivity index (χ2n) is 5.97. The molecule has 3 heteroatoms. The zero-order chi connectivity index (χ0) is 11.8. The highest BCUT2D eigenvalue weighted by Gasteiger charge is 2.45. The van der Waals surface area contributed by atoms with E-state index in [1.54, 1.807) is 6.92 Å². The number of hydrogen-bond acceptors (Lipinski definition) is 2. The lowest BCUT2D eigenvalue weighted by Crippen LogP contribution is -2.60. The predicted molar refractivity (Wildman–Crippen MR) is 65.2 cm³/mol. The number of hydrogen-bond donors (Lipinski definition) is 1. The molecule has 0 bridgehead atoms. The molecule has 0 aromatic rings. The third kappa shape index (κ3) is 2.40. The van der Waals surface area contributed by atoms with Gasteiger partial charge in [-0.1, -0.05) is 13.8 Å². The average Bonchev–Trinajstić information content (AvgIpc) is 2.14. The number of amides is 1. The van der Waals surface area contributed by atoms with Crippen LogP contribution in [0.15, 0.2) is 0 Å². The Kier molecular flexibility index (Phi) is 3.24. The number of nitrogens with zero attached hydrogens (tertiary/aromatic N) is 1. The van der Waals surface area contributed by atoms with E-state index in [4.69, 9.17) is 0 Å². The molecule has 1 amide bonds. The molecule has 2 fully saturated rings. The predicted octanol–water partition coefficient (Wildman–Crippen LogP) is 1.78. The van der Waals surface area contributed by atoms with E-state index in [1.165, 1.54) is 25.7 Å². The molecule has 0 radical (unpaired) electrons. The molecular formula is C13H24N2O. The zero-order valence-corrected chi connectivity index (χ0v) is 10.8. The van der Waals surface area contributed by atoms with E-state index in [9.17, 15) is 4.79 Å². The van der Waals surface area contributed by atoms with Gasteiger partial charge in [-0.3, -0.25) is 4.79 Å². The minimum atomic E-state index is 0.244. The molecule has 0 atom stereocenters. The van der Waals surface area contributed by atoms with Gasteiger partial charge in [0.2, 0.25) is 5.91 Å². The SMILES string of the molecule is CC(=O)N1CC2(CCC(NC(C)C)CC2)C1. The van der Waals surface area contributed by atoms with Crippen molar-refractivity contribution < 1.29 is 4.79 Å². The number of carbonyl (C=O) groups is 1. The largest absolute Gasteiger partial charge is 0.342 e. The Labute approximate surface area is 98.6 Å². The molecule has 16 heavy (non-hydrogen) atoms. The zero-order valence-electron chi connectivity index (χ0n) is 10.8. The Bertz CT molecular complexity index is 259. The van der Waals surface area contributed by atoms with Crippen molar-refractivity contribution in [1.29, 1.82) is 0 Å². The van der Waals surface area contributed by atoms with Crippen LogP contribution >= 0.6 is 0 Å². The van der Waals surface area contributed by atoms with E-state index in [-0.39, 0.29) is 5.91 Å². The Balaban J connectivity index is 1.76. The minimum Gasteiger partial charge on any atom is -0.342 e. The van der Waals surface area contributed by atoms with Crippen molar-refractivity contribution in [2.24, 2.45) is 5.41 Å². The molecule has 1 saturated carbocycles. The first-order valence-corrected chi connectivity index (χ1v) is 6.52. The summed E-state index contributed by atoms with van der Waals surface area (Å²) in [5.74, 6) is 0.244. The smallest absolute Gasteiger partial charge is 0.219 e. The summed E-state index contributed by atoms with van der Waals surface area (Å²) in [5, 5.41) is 3.62. The first kappa shape index (κ1) is 11.9. The van der Waals surface area contributed by atoms with Crippen LogP contribution in [0.4, 0.5) is 0 Å². The third-order valence-corrected chi connectivity index (χ3v) is 4.11. The topological polar surface area (TPSA) is 32.3 Å². The molecule has 2 rings (SSSR count). The normalized spacial score (nSPS) is 24.9. The maximum atomic E-state index is 11.2. The molecule has 2 aliphatic rings. The number of carbonyl (C=O) groups excluding carboxylic acids is 1. The van der Waals surface area contributed by atoms with E-state index >= 15 is 0 Å². The molecule has 0 unspecified atom stereocenters. The van der Waals surface area contributed by atoms with Crippen LogP contribution in [0.3, 0.4) is 0 Å². The van der Waals surface area contributed by atoms with Gasteiger partial charge in [-0.25, -0.2) is 0 Å². The van der Waals surface area contributed by atoms with Crippen LogP contribution in [-0.4, -0.2) is 36.0 Å². The molecule has 0 aromatic carbocycles. The number of nitrogens with one attached hydrogen (secondary N) is 1. The van der Waals surface area contributed by atoms with Crippen LogP contribution in [0, 0.1) is 5.41 Å². The van der Waals surface area contributed by atoms with Gasteiger partial charge in [0.1, 0.15) is 0 Å². The van der Waals surface area contributed by atoms with E-state index in [1.807, 2.05) is 4.90 Å². The van der Waals surface area contributed by atoms with Crippen molar-refractivity contribution in [2.75, 3.05) is 13.1 Å². The second kappa shape index (κ2) is 4.36. The van der Waals surface area contributed by atoms with E-state index in [0.29, 0.717) is 17.5 Å². The van der Waals surface area contributed by atoms with Crippen LogP contribution in [-0.2, 0) is 4.79 Å². The van der Waals surface area contributed by atoms with Gasteiger partial charge in [0.15, 0.2) is 0 Å². The fraction of sp³-hybridized carbons (Fsp3) is 0.923. The second-order valence-corrected chi connectivity index (χ2v) is 5.97. The third-order valence-electron chi connectivity index (χ3n) is 4.11. The maximum absolute atomic E-state index is 11.2. The quantitative estimate of drug-likeness (QED) is 0.775. The summed E-state index contributed by atoms with van der Waals surface area (Å²) >= 11 is 0. The lowest BCUT2D eigenvalue weighted by molar-refractivity contribution is -0.143. The fourth-order valence-electron chi connectivity index (χ4n) is 3.17. The monoisotopic (exact) mass is 224 g/mol. The van der Waals surface area contributed by atoms with E-state index in [2.05, 4.69) is 19.2 Å². The van der Waals surface area contributed by atoms with Gasteiger partial charge in [-0.2, -0.15) is 0 Å². The Morgan fingerprint density at radius 2 is 1.88 bits per heavy atom. The molecule has 1 saturated heterocycles. The molecule has 1 spiro atoms. The number of rotatable bonds is 2. The van der Waals surface area contributed by atoms with Crippen molar-refractivity contribution in [3.05, 3.63) is 0 Å². The van der Waals surface area contributed by atoms with Crippen molar-refractivity contribution in [3.8, 4) is 0 Å². The molecule has 92 valence electrons. The van der Waals surface area contributed by atoms with Gasteiger partial charge >= 0.3 is 0 Å². The highest BCUT2D eigenvalue weighted by atomic mass is 16.2. The maximum Gasteiger partial charge on any atom is 0.219 e. The molecule has 1 aliphatic carbocycles. The van der Waals surface area contributed by atoms with Gasteiger partial charge in [-0.15, -0.1) is 0 Å². The van der Waals surface area contributed by atoms with Gasteiger partial charge in [0, 0.05) is 37.5 Å². The summed E-state index contributed by atoms with van der Waals surface area (Å²) in [7, 11) is 0. The highest BCUT2D eigenvalue weighted by molar-refractivity contribution is 5.74. The molecule has 0 aromatic heterocycles. The van der Waals surface area contributed by atoms with E-state index in [0.717, 1.165) is 13.1 Å². The summed E-state index contributed by atoms with van der Waals surface area (Å²) in [6.07, 6.45) is 5.15. The Hall–Kier alpha value is -0.570. The van der Waals surface area contributed by atoms with E-state index < -0.39 is 0 Å². The van der Waals surface area contributed by atoms with Crippen LogP contribution in [0.1, 0.15) is 46.5 Å². The summed E-state index contributed by atoms with van der Waals surface area (Å²) < 4.78 is 0. The minimum absolute atomic E-state index is 0.244. The van der Waals surface area contributed by atoms with Crippen LogP contribution in [0.5, 0.6) is 0 Å². The average molecular weight is 224 g/mol. The Morgan fingerprint density at radius 3 is 2.31 bits per heavy atom. The molecular weight excluding hydrogens is 200 g/mol. The summed E-state index contributed by atoms with van der Waals surface area (Å²) in [6.45, 7) is 8.13. The Morgan fingerprint density at radius 1 is 1.31 bits per heavy atom. The standard InChI is InChI=1S/C13H24N2O/c1-10(2)14-12-4-6-13(7-5-12)8-15(9-13)11(3)16/h10,12,14H,4-9H2,1-3H3. The lowest BCUT2D eigenvalue weighted by Gasteiger charge is -2.53. The molecule has 1 N–H and O–H groups in total. The van der Waals surface area contributed by atoms with Crippen LogP contribution in [0.25, 0.3) is 0 Å².